The molecule has 3 aromatic heterocycles. The second-order valence-corrected chi connectivity index (χ2v) is 9.08. The minimum atomic E-state index is -2.83. The summed E-state index contributed by atoms with van der Waals surface area (Å²) in [5, 5.41) is 15.4. The first-order valence-electron chi connectivity index (χ1n) is 9.83. The number of thiophene rings is 1. The molecule has 12 heteroatoms. The van der Waals surface area contributed by atoms with Gasteiger partial charge < -0.3 is 15.7 Å². The number of carboxylic acids is 1. The van der Waals surface area contributed by atoms with Crippen molar-refractivity contribution in [2.75, 3.05) is 5.32 Å². The highest BCUT2D eigenvalue weighted by atomic mass is 32.1. The van der Waals surface area contributed by atoms with Crippen molar-refractivity contribution in [2.45, 2.75) is 44.2 Å². The molecule has 5 rings (SSSR count). The summed E-state index contributed by atoms with van der Waals surface area (Å²) in [5.41, 5.74) is -0.992. The molecule has 1 saturated carbocycles. The number of pyridine rings is 1. The number of aromatic nitrogens is 3. The first-order chi connectivity index (χ1) is 15.1. The zero-order chi connectivity index (χ0) is 22.8. The summed E-state index contributed by atoms with van der Waals surface area (Å²) in [6.07, 6.45) is 0.253. The van der Waals surface area contributed by atoms with Crippen LogP contribution in [-0.2, 0) is 5.66 Å². The molecule has 0 unspecified atom stereocenters. The summed E-state index contributed by atoms with van der Waals surface area (Å²) < 4.78 is 28.9. The van der Waals surface area contributed by atoms with Crippen LogP contribution in [0.25, 0.3) is 10.2 Å². The SMILES string of the molecule is Cc1cc(Nc2ncnc3sc(C(=O)O)cc23)c(=O)n2c1C(=O)NC21CCC(F)(F)CC1. The highest BCUT2D eigenvalue weighted by Gasteiger charge is 2.51. The van der Waals surface area contributed by atoms with E-state index in [0.29, 0.717) is 15.8 Å². The number of aromatic carboxylic acids is 1. The molecule has 1 spiro atoms. The molecule has 0 aromatic carbocycles. The van der Waals surface area contributed by atoms with Crippen LogP contribution in [0.2, 0.25) is 0 Å². The predicted octanol–water partition coefficient (Wildman–Crippen LogP) is 3.21. The van der Waals surface area contributed by atoms with E-state index in [-0.39, 0.29) is 34.9 Å². The molecule has 0 radical (unpaired) electrons. The molecule has 0 atom stereocenters. The van der Waals surface area contributed by atoms with Gasteiger partial charge in [0, 0.05) is 12.8 Å². The maximum atomic E-state index is 13.8. The lowest BCUT2D eigenvalue weighted by molar-refractivity contribution is -0.0667. The molecule has 0 saturated heterocycles. The van der Waals surface area contributed by atoms with Crippen LogP contribution in [0.15, 0.2) is 23.3 Å². The molecule has 1 amide bonds. The number of amides is 1. The van der Waals surface area contributed by atoms with E-state index < -0.39 is 41.9 Å². The fourth-order valence-electron chi connectivity index (χ4n) is 4.42. The van der Waals surface area contributed by atoms with Crippen LogP contribution in [0.4, 0.5) is 20.3 Å². The molecule has 1 aliphatic heterocycles. The number of hydrogen-bond acceptors (Lipinski definition) is 7. The zero-order valence-corrected chi connectivity index (χ0v) is 17.6. The van der Waals surface area contributed by atoms with Gasteiger partial charge in [0.15, 0.2) is 0 Å². The van der Waals surface area contributed by atoms with Gasteiger partial charge >= 0.3 is 5.97 Å². The number of aryl methyl sites for hydroxylation is 1. The second-order valence-electron chi connectivity index (χ2n) is 8.05. The topological polar surface area (TPSA) is 126 Å². The summed E-state index contributed by atoms with van der Waals surface area (Å²) in [7, 11) is 0. The first kappa shape index (κ1) is 20.5. The van der Waals surface area contributed by atoms with Crippen molar-refractivity contribution in [3.05, 3.63) is 44.9 Å². The van der Waals surface area contributed by atoms with Gasteiger partial charge in [0.25, 0.3) is 11.5 Å². The van der Waals surface area contributed by atoms with Crippen LogP contribution < -0.4 is 16.2 Å². The molecular formula is C20H17F2N5O4S. The maximum absolute atomic E-state index is 13.8. The summed E-state index contributed by atoms with van der Waals surface area (Å²) in [6.45, 7) is 1.66. The van der Waals surface area contributed by atoms with Gasteiger partial charge in [0.2, 0.25) is 5.92 Å². The molecule has 0 bridgehead atoms. The Kier molecular flexibility index (Phi) is 4.35. The van der Waals surface area contributed by atoms with Crippen LogP contribution in [0.1, 0.15) is 51.4 Å². The molecule has 32 heavy (non-hydrogen) atoms. The number of alkyl halides is 2. The summed E-state index contributed by atoms with van der Waals surface area (Å²) >= 11 is 0.976. The summed E-state index contributed by atoms with van der Waals surface area (Å²) in [6, 6.07) is 2.92. The molecule has 3 aromatic rings. The number of nitrogens with zero attached hydrogens (tertiary/aromatic N) is 3. The van der Waals surface area contributed by atoms with Crippen molar-refractivity contribution in [3.8, 4) is 0 Å². The Labute approximate surface area is 183 Å². The number of halogens is 2. The van der Waals surface area contributed by atoms with Gasteiger partial charge in [-0.05, 0) is 37.5 Å². The number of anilines is 2. The van der Waals surface area contributed by atoms with E-state index in [2.05, 4.69) is 20.6 Å². The molecule has 9 nitrogen and oxygen atoms in total. The highest BCUT2D eigenvalue weighted by molar-refractivity contribution is 7.20. The second kappa shape index (κ2) is 6.79. The van der Waals surface area contributed by atoms with Crippen LogP contribution in [0.3, 0.4) is 0 Å². The number of carbonyl (C=O) groups is 2. The molecule has 1 fully saturated rings. The third kappa shape index (κ3) is 3.05. The average molecular weight is 461 g/mol. The zero-order valence-electron chi connectivity index (χ0n) is 16.7. The van der Waals surface area contributed by atoms with E-state index in [1.165, 1.54) is 23.0 Å². The molecule has 4 heterocycles. The number of hydrogen-bond donors (Lipinski definition) is 3. The number of nitrogens with one attached hydrogen (secondary N) is 2. The van der Waals surface area contributed by atoms with E-state index >= 15 is 0 Å². The van der Waals surface area contributed by atoms with Crippen LogP contribution >= 0.6 is 11.3 Å². The van der Waals surface area contributed by atoms with Crippen LogP contribution in [-0.4, -0.2) is 37.4 Å². The van der Waals surface area contributed by atoms with Gasteiger partial charge in [-0.15, -0.1) is 11.3 Å². The van der Waals surface area contributed by atoms with Crippen molar-refractivity contribution in [1.82, 2.24) is 19.9 Å². The predicted molar refractivity (Wildman–Crippen MR) is 112 cm³/mol. The lowest BCUT2D eigenvalue weighted by Crippen LogP contribution is -2.51. The molecule has 3 N–H and O–H groups in total. The fraction of sp³-hybridized carbons (Fsp3) is 0.350. The van der Waals surface area contributed by atoms with E-state index in [9.17, 15) is 28.3 Å². The molecule has 1 aliphatic carbocycles. The molecular weight excluding hydrogens is 444 g/mol. The van der Waals surface area contributed by atoms with Gasteiger partial charge in [-0.25, -0.2) is 23.5 Å². The van der Waals surface area contributed by atoms with Crippen LogP contribution in [0, 0.1) is 6.92 Å². The monoisotopic (exact) mass is 461 g/mol. The van der Waals surface area contributed by atoms with Crippen molar-refractivity contribution in [3.63, 3.8) is 0 Å². The van der Waals surface area contributed by atoms with Gasteiger partial charge in [-0.2, -0.15) is 0 Å². The van der Waals surface area contributed by atoms with Gasteiger partial charge in [0.1, 0.15) is 38.9 Å². The third-order valence-corrected chi connectivity index (χ3v) is 7.01. The Morgan fingerprint density at radius 1 is 1.22 bits per heavy atom. The Morgan fingerprint density at radius 2 is 1.94 bits per heavy atom. The largest absolute Gasteiger partial charge is 0.477 e. The van der Waals surface area contributed by atoms with Crippen molar-refractivity contribution < 1.29 is 23.5 Å². The van der Waals surface area contributed by atoms with Crippen molar-refractivity contribution >= 4 is 44.9 Å². The van der Waals surface area contributed by atoms with Crippen molar-refractivity contribution in [1.29, 1.82) is 0 Å². The van der Waals surface area contributed by atoms with E-state index in [1.54, 1.807) is 6.92 Å². The lowest BCUT2D eigenvalue weighted by atomic mass is 9.86. The Hall–Kier alpha value is -3.41. The van der Waals surface area contributed by atoms with Gasteiger partial charge in [-0.3, -0.25) is 14.2 Å². The maximum Gasteiger partial charge on any atom is 0.345 e. The normalized spacial score (nSPS) is 18.5. The van der Waals surface area contributed by atoms with E-state index in [0.717, 1.165) is 11.3 Å². The van der Waals surface area contributed by atoms with E-state index in [1.807, 2.05) is 0 Å². The Bertz CT molecular complexity index is 1360. The van der Waals surface area contributed by atoms with Crippen LogP contribution in [0.5, 0.6) is 0 Å². The fourth-order valence-corrected chi connectivity index (χ4v) is 5.25. The third-order valence-electron chi connectivity index (χ3n) is 5.98. The average Bonchev–Trinajstić information content (AvgIpc) is 3.29. The van der Waals surface area contributed by atoms with Gasteiger partial charge in [0.05, 0.1) is 5.39 Å². The molecule has 2 aliphatic rings. The van der Waals surface area contributed by atoms with Crippen molar-refractivity contribution in [2.24, 2.45) is 0 Å². The minimum Gasteiger partial charge on any atom is -0.477 e. The van der Waals surface area contributed by atoms with E-state index in [4.69, 9.17) is 0 Å². The minimum absolute atomic E-state index is 0.0637. The first-order valence-corrected chi connectivity index (χ1v) is 10.6. The number of carbonyl (C=O) groups excluding carboxylic acids is 1. The lowest BCUT2D eigenvalue weighted by Gasteiger charge is -2.38. The number of carboxylic acid groups (broad SMARTS) is 1. The van der Waals surface area contributed by atoms with Gasteiger partial charge in [-0.1, -0.05) is 0 Å². The summed E-state index contributed by atoms with van der Waals surface area (Å²) in [5.74, 6) is -4.17. The Balaban J connectivity index is 1.61. The number of rotatable bonds is 3. The smallest absolute Gasteiger partial charge is 0.345 e. The molecule has 166 valence electrons. The standard InChI is InChI=1S/C20H17F2N5O4S/c1-9-6-11(25-14-10-7-12(18(30)31)32-16(10)24-8-23-14)17(29)27-13(9)15(28)26-20(27)4-2-19(21,22)3-5-20/h6-8H,2-5H2,1H3,(H,26,28)(H,30,31)(H,23,24,25). The Morgan fingerprint density at radius 3 is 2.62 bits per heavy atom. The highest BCUT2D eigenvalue weighted by Crippen LogP contribution is 2.43. The quantitative estimate of drug-likeness (QED) is 0.547. The number of fused-ring (bicyclic) bond motifs is 3. The summed E-state index contributed by atoms with van der Waals surface area (Å²) in [4.78, 5) is 46.1.